The number of rotatable bonds is 2. The summed E-state index contributed by atoms with van der Waals surface area (Å²) in [4.78, 5) is 13.3. The fourth-order valence-electron chi connectivity index (χ4n) is 1.57. The standard InChI is InChI=1S/C9H18N2O2/c1-7(5-10)9(13)11-4-2-3-8(12)6-11/h7-8,12H,2-6,10H2,1H3/t7?,8-/m0/s1. The molecule has 1 rings (SSSR count). The molecule has 1 unspecified atom stereocenters. The summed E-state index contributed by atoms with van der Waals surface area (Å²) in [5.74, 6) is -0.0495. The molecule has 1 aliphatic heterocycles. The number of aliphatic hydroxyl groups is 1. The first-order chi connectivity index (χ1) is 6.15. The van der Waals surface area contributed by atoms with E-state index in [1.165, 1.54) is 0 Å². The van der Waals surface area contributed by atoms with Gasteiger partial charge in [-0.15, -0.1) is 0 Å². The van der Waals surface area contributed by atoms with Gasteiger partial charge in [0.2, 0.25) is 5.91 Å². The van der Waals surface area contributed by atoms with E-state index in [0.29, 0.717) is 13.1 Å². The van der Waals surface area contributed by atoms with Crippen LogP contribution in [0.25, 0.3) is 0 Å². The van der Waals surface area contributed by atoms with Gasteiger partial charge >= 0.3 is 0 Å². The lowest BCUT2D eigenvalue weighted by atomic mass is 10.1. The average molecular weight is 186 g/mol. The van der Waals surface area contributed by atoms with Crippen molar-refractivity contribution in [3.8, 4) is 0 Å². The SMILES string of the molecule is CC(CN)C(=O)N1CCC[C@H](O)C1. The Labute approximate surface area is 78.7 Å². The molecule has 1 saturated heterocycles. The number of amides is 1. The van der Waals surface area contributed by atoms with Gasteiger partial charge in [-0.25, -0.2) is 0 Å². The lowest BCUT2D eigenvalue weighted by molar-refractivity contribution is -0.137. The number of nitrogens with zero attached hydrogens (tertiary/aromatic N) is 1. The largest absolute Gasteiger partial charge is 0.391 e. The molecule has 0 saturated carbocycles. The maximum absolute atomic E-state index is 11.6. The first-order valence-electron chi connectivity index (χ1n) is 4.82. The minimum atomic E-state index is -0.345. The van der Waals surface area contributed by atoms with Crippen LogP contribution >= 0.6 is 0 Å². The third-order valence-electron chi connectivity index (χ3n) is 2.48. The summed E-state index contributed by atoms with van der Waals surface area (Å²) >= 11 is 0. The molecule has 4 nitrogen and oxygen atoms in total. The van der Waals surface area contributed by atoms with Crippen molar-refractivity contribution in [2.75, 3.05) is 19.6 Å². The number of carbonyl (C=O) groups is 1. The van der Waals surface area contributed by atoms with Crippen LogP contribution in [0.5, 0.6) is 0 Å². The van der Waals surface area contributed by atoms with Crippen LogP contribution in [-0.4, -0.2) is 41.7 Å². The van der Waals surface area contributed by atoms with Gasteiger partial charge in [0.1, 0.15) is 0 Å². The zero-order chi connectivity index (χ0) is 9.84. The van der Waals surface area contributed by atoms with E-state index in [0.717, 1.165) is 19.4 Å². The van der Waals surface area contributed by atoms with Crippen LogP contribution in [-0.2, 0) is 4.79 Å². The van der Waals surface area contributed by atoms with Gasteiger partial charge in [-0.2, -0.15) is 0 Å². The summed E-state index contributed by atoms with van der Waals surface area (Å²) in [6.07, 6.45) is 1.35. The van der Waals surface area contributed by atoms with Crippen LogP contribution in [0.3, 0.4) is 0 Å². The lowest BCUT2D eigenvalue weighted by Crippen LogP contribution is -2.45. The Morgan fingerprint density at radius 1 is 1.77 bits per heavy atom. The van der Waals surface area contributed by atoms with Crippen LogP contribution in [0, 0.1) is 5.92 Å². The molecule has 0 spiro atoms. The third-order valence-corrected chi connectivity index (χ3v) is 2.48. The van der Waals surface area contributed by atoms with E-state index in [2.05, 4.69) is 0 Å². The van der Waals surface area contributed by atoms with E-state index in [4.69, 9.17) is 5.73 Å². The first-order valence-corrected chi connectivity index (χ1v) is 4.82. The summed E-state index contributed by atoms with van der Waals surface area (Å²) in [6, 6.07) is 0. The molecule has 1 heterocycles. The molecule has 0 aromatic rings. The van der Waals surface area contributed by atoms with E-state index >= 15 is 0 Å². The molecule has 4 heteroatoms. The van der Waals surface area contributed by atoms with Gasteiger partial charge in [-0.3, -0.25) is 4.79 Å². The van der Waals surface area contributed by atoms with Gasteiger partial charge in [0.25, 0.3) is 0 Å². The van der Waals surface area contributed by atoms with E-state index < -0.39 is 0 Å². The Bertz CT molecular complexity index is 184. The lowest BCUT2D eigenvalue weighted by Gasteiger charge is -2.31. The molecule has 1 fully saturated rings. The van der Waals surface area contributed by atoms with Gasteiger partial charge in [-0.1, -0.05) is 6.92 Å². The van der Waals surface area contributed by atoms with Crippen molar-refractivity contribution in [1.82, 2.24) is 4.90 Å². The highest BCUT2D eigenvalue weighted by molar-refractivity contribution is 5.78. The Balaban J connectivity index is 2.46. The third kappa shape index (κ3) is 2.67. The molecule has 0 aliphatic carbocycles. The number of piperidine rings is 1. The molecule has 2 atom stereocenters. The zero-order valence-electron chi connectivity index (χ0n) is 8.07. The van der Waals surface area contributed by atoms with Crippen LogP contribution < -0.4 is 5.73 Å². The molecule has 0 radical (unpaired) electrons. The maximum atomic E-state index is 11.6. The van der Waals surface area contributed by atoms with Crippen molar-refractivity contribution in [2.24, 2.45) is 11.7 Å². The van der Waals surface area contributed by atoms with Crippen molar-refractivity contribution < 1.29 is 9.90 Å². The summed E-state index contributed by atoms with van der Waals surface area (Å²) < 4.78 is 0. The molecule has 0 aromatic carbocycles. The smallest absolute Gasteiger partial charge is 0.226 e. The normalized spacial score (nSPS) is 25.8. The van der Waals surface area contributed by atoms with E-state index in [1.807, 2.05) is 6.92 Å². The molecule has 1 aliphatic rings. The van der Waals surface area contributed by atoms with Crippen molar-refractivity contribution in [2.45, 2.75) is 25.9 Å². The van der Waals surface area contributed by atoms with E-state index in [-0.39, 0.29) is 17.9 Å². The number of aliphatic hydroxyl groups excluding tert-OH is 1. The summed E-state index contributed by atoms with van der Waals surface area (Å²) in [5, 5.41) is 9.36. The van der Waals surface area contributed by atoms with Crippen molar-refractivity contribution in [3.05, 3.63) is 0 Å². The van der Waals surface area contributed by atoms with Crippen molar-refractivity contribution in [1.29, 1.82) is 0 Å². The second-order valence-electron chi connectivity index (χ2n) is 3.72. The van der Waals surface area contributed by atoms with Crippen molar-refractivity contribution >= 4 is 5.91 Å². The highest BCUT2D eigenvalue weighted by Gasteiger charge is 2.24. The number of β-amino-alcohol motifs (C(OH)–C–C–N with tert-alkyl or cyclic N) is 1. The average Bonchev–Trinajstić information content (AvgIpc) is 2.15. The van der Waals surface area contributed by atoms with E-state index in [9.17, 15) is 9.90 Å². The monoisotopic (exact) mass is 186 g/mol. The molecule has 13 heavy (non-hydrogen) atoms. The fourth-order valence-corrected chi connectivity index (χ4v) is 1.57. The van der Waals surface area contributed by atoms with Gasteiger partial charge < -0.3 is 15.7 Å². The Hall–Kier alpha value is -0.610. The molecule has 0 bridgehead atoms. The number of carbonyl (C=O) groups excluding carboxylic acids is 1. The quantitative estimate of drug-likeness (QED) is 0.614. The Morgan fingerprint density at radius 3 is 3.00 bits per heavy atom. The Morgan fingerprint density at radius 2 is 2.46 bits per heavy atom. The van der Waals surface area contributed by atoms with Crippen LogP contribution in [0.2, 0.25) is 0 Å². The molecular weight excluding hydrogens is 168 g/mol. The summed E-state index contributed by atoms with van der Waals surface area (Å²) in [5.41, 5.74) is 5.40. The molecule has 0 aromatic heterocycles. The molecular formula is C9H18N2O2. The van der Waals surface area contributed by atoms with Crippen LogP contribution in [0.1, 0.15) is 19.8 Å². The molecule has 3 N–H and O–H groups in total. The molecule has 1 amide bonds. The minimum absolute atomic E-state index is 0.0706. The van der Waals surface area contributed by atoms with E-state index in [1.54, 1.807) is 4.90 Å². The Kier molecular flexibility index (Phi) is 3.69. The van der Waals surface area contributed by atoms with Gasteiger partial charge in [-0.05, 0) is 12.8 Å². The maximum Gasteiger partial charge on any atom is 0.226 e. The predicted octanol–water partition coefficient (Wildman–Crippen LogP) is -0.435. The van der Waals surface area contributed by atoms with Gasteiger partial charge in [0.15, 0.2) is 0 Å². The highest BCUT2D eigenvalue weighted by Crippen LogP contribution is 2.12. The van der Waals surface area contributed by atoms with Crippen molar-refractivity contribution in [3.63, 3.8) is 0 Å². The van der Waals surface area contributed by atoms with Crippen LogP contribution in [0.15, 0.2) is 0 Å². The highest BCUT2D eigenvalue weighted by atomic mass is 16.3. The van der Waals surface area contributed by atoms with Crippen LogP contribution in [0.4, 0.5) is 0 Å². The zero-order valence-corrected chi connectivity index (χ0v) is 8.07. The second-order valence-corrected chi connectivity index (χ2v) is 3.72. The number of likely N-dealkylation sites (tertiary alicyclic amines) is 1. The first kappa shape index (κ1) is 10.5. The topological polar surface area (TPSA) is 66.6 Å². The number of hydrogen-bond donors (Lipinski definition) is 2. The second kappa shape index (κ2) is 4.58. The molecule has 76 valence electrons. The number of nitrogens with two attached hydrogens (primary N) is 1. The predicted molar refractivity (Wildman–Crippen MR) is 50.0 cm³/mol. The fraction of sp³-hybridized carbons (Fsp3) is 0.889. The van der Waals surface area contributed by atoms with Gasteiger partial charge in [0, 0.05) is 25.6 Å². The number of hydrogen-bond acceptors (Lipinski definition) is 3. The minimum Gasteiger partial charge on any atom is -0.391 e. The van der Waals surface area contributed by atoms with Gasteiger partial charge in [0.05, 0.1) is 6.10 Å². The summed E-state index contributed by atoms with van der Waals surface area (Å²) in [7, 11) is 0. The summed E-state index contributed by atoms with van der Waals surface area (Å²) in [6.45, 7) is 3.44.